The Bertz CT molecular complexity index is 745. The predicted octanol–water partition coefficient (Wildman–Crippen LogP) is 2.78. The third kappa shape index (κ3) is 2.37. The number of aromatic nitrogens is 1. The molecular formula is C16H14N4. The maximum absolute atomic E-state index is 5.64. The van der Waals surface area contributed by atoms with Crippen LogP contribution in [0.1, 0.15) is 5.56 Å². The van der Waals surface area contributed by atoms with Gasteiger partial charge in [0.05, 0.1) is 11.2 Å². The van der Waals surface area contributed by atoms with Crippen LogP contribution < -0.4 is 11.3 Å². The molecule has 0 bridgehead atoms. The molecule has 0 saturated carbocycles. The van der Waals surface area contributed by atoms with Gasteiger partial charge in [-0.15, -0.1) is 0 Å². The van der Waals surface area contributed by atoms with E-state index in [9.17, 15) is 0 Å². The fraction of sp³-hybridized carbons (Fsp3) is 0. The highest BCUT2D eigenvalue weighted by Crippen LogP contribution is 2.19. The number of hydrogen-bond acceptors (Lipinski definition) is 3. The molecule has 0 aliphatic heterocycles. The summed E-state index contributed by atoms with van der Waals surface area (Å²) in [5.74, 6) is 6.26. The lowest BCUT2D eigenvalue weighted by atomic mass is 10.1. The van der Waals surface area contributed by atoms with Crippen LogP contribution >= 0.6 is 0 Å². The summed E-state index contributed by atoms with van der Waals surface area (Å²) in [6, 6.07) is 19.5. The lowest BCUT2D eigenvalue weighted by Crippen LogP contribution is -2.31. The number of nitrogens with zero attached hydrogens (tertiary/aromatic N) is 2. The minimum atomic E-state index is 0.620. The van der Waals surface area contributed by atoms with Crippen LogP contribution in [-0.2, 0) is 0 Å². The minimum absolute atomic E-state index is 0.620. The van der Waals surface area contributed by atoms with Gasteiger partial charge in [-0.05, 0) is 24.3 Å². The lowest BCUT2D eigenvalue weighted by molar-refractivity contribution is 1.03. The van der Waals surface area contributed by atoms with Crippen LogP contribution in [0.2, 0.25) is 0 Å². The maximum Gasteiger partial charge on any atom is 0.148 e. The van der Waals surface area contributed by atoms with Gasteiger partial charge in [0.25, 0.3) is 0 Å². The number of hydrazine groups is 1. The van der Waals surface area contributed by atoms with E-state index in [-0.39, 0.29) is 0 Å². The smallest absolute Gasteiger partial charge is 0.148 e. The van der Waals surface area contributed by atoms with Crippen LogP contribution in [0, 0.1) is 0 Å². The van der Waals surface area contributed by atoms with Gasteiger partial charge in [0.1, 0.15) is 5.84 Å². The molecule has 1 heterocycles. The molecule has 4 nitrogen and oxygen atoms in total. The number of amidine groups is 1. The molecule has 1 aromatic heterocycles. The van der Waals surface area contributed by atoms with Crippen molar-refractivity contribution in [2.75, 3.05) is 0 Å². The SMILES string of the molecule is NNC(=Nc1ccccc1)c1cccc2ncccc12. The lowest BCUT2D eigenvalue weighted by Gasteiger charge is -2.09. The van der Waals surface area contributed by atoms with E-state index in [1.807, 2.05) is 60.7 Å². The summed E-state index contributed by atoms with van der Waals surface area (Å²) in [5.41, 5.74) is 5.38. The topological polar surface area (TPSA) is 63.3 Å². The zero-order valence-electron chi connectivity index (χ0n) is 10.8. The van der Waals surface area contributed by atoms with Gasteiger partial charge in [0, 0.05) is 17.1 Å². The molecule has 0 saturated heterocycles. The molecule has 4 heteroatoms. The van der Waals surface area contributed by atoms with Crippen molar-refractivity contribution in [1.29, 1.82) is 0 Å². The predicted molar refractivity (Wildman–Crippen MR) is 81.7 cm³/mol. The summed E-state index contributed by atoms with van der Waals surface area (Å²) in [7, 11) is 0. The van der Waals surface area contributed by atoms with Gasteiger partial charge in [0.15, 0.2) is 0 Å². The first-order valence-electron chi connectivity index (χ1n) is 6.33. The van der Waals surface area contributed by atoms with Gasteiger partial charge in [-0.2, -0.15) is 0 Å². The number of benzene rings is 2. The minimum Gasteiger partial charge on any atom is -0.308 e. The summed E-state index contributed by atoms with van der Waals surface area (Å²) < 4.78 is 0. The summed E-state index contributed by atoms with van der Waals surface area (Å²) >= 11 is 0. The third-order valence-corrected chi connectivity index (χ3v) is 3.03. The monoisotopic (exact) mass is 262 g/mol. The Kier molecular flexibility index (Phi) is 3.39. The van der Waals surface area contributed by atoms with Crippen molar-refractivity contribution in [2.45, 2.75) is 0 Å². The van der Waals surface area contributed by atoms with Crippen LogP contribution in [0.4, 0.5) is 5.69 Å². The third-order valence-electron chi connectivity index (χ3n) is 3.03. The molecule has 2 aromatic carbocycles. The molecule has 3 rings (SSSR count). The Morgan fingerprint density at radius 1 is 0.950 bits per heavy atom. The fourth-order valence-electron chi connectivity index (χ4n) is 2.11. The van der Waals surface area contributed by atoms with Crippen LogP contribution in [0.25, 0.3) is 10.9 Å². The standard InChI is InChI=1S/C16H14N4/c17-20-16(19-12-6-2-1-3-7-12)14-8-4-10-15-13(14)9-5-11-18-15/h1-11H,17H2,(H,19,20). The van der Waals surface area contributed by atoms with E-state index in [1.165, 1.54) is 0 Å². The van der Waals surface area contributed by atoms with Crippen molar-refractivity contribution in [1.82, 2.24) is 10.4 Å². The van der Waals surface area contributed by atoms with Crippen molar-refractivity contribution in [2.24, 2.45) is 10.8 Å². The van der Waals surface area contributed by atoms with Gasteiger partial charge in [-0.1, -0.05) is 36.4 Å². The highest BCUT2D eigenvalue weighted by atomic mass is 15.2. The summed E-state index contributed by atoms with van der Waals surface area (Å²) in [5, 5.41) is 1.02. The molecule has 0 fully saturated rings. The quantitative estimate of drug-likeness (QED) is 0.323. The first-order chi connectivity index (χ1) is 9.88. The van der Waals surface area contributed by atoms with Crippen LogP contribution in [0.3, 0.4) is 0 Å². The summed E-state index contributed by atoms with van der Waals surface area (Å²) in [4.78, 5) is 8.89. The summed E-state index contributed by atoms with van der Waals surface area (Å²) in [6.07, 6.45) is 1.77. The van der Waals surface area contributed by atoms with Crippen molar-refractivity contribution < 1.29 is 0 Å². The van der Waals surface area contributed by atoms with Crippen molar-refractivity contribution >= 4 is 22.4 Å². The van der Waals surface area contributed by atoms with Crippen molar-refractivity contribution in [3.63, 3.8) is 0 Å². The van der Waals surface area contributed by atoms with E-state index >= 15 is 0 Å². The molecule has 0 atom stereocenters. The zero-order chi connectivity index (χ0) is 13.8. The fourth-order valence-corrected chi connectivity index (χ4v) is 2.11. The van der Waals surface area contributed by atoms with Crippen LogP contribution in [0.5, 0.6) is 0 Å². The van der Waals surface area contributed by atoms with Gasteiger partial charge < -0.3 is 5.43 Å². The Morgan fingerprint density at radius 2 is 1.80 bits per heavy atom. The van der Waals surface area contributed by atoms with E-state index < -0.39 is 0 Å². The van der Waals surface area contributed by atoms with Crippen LogP contribution in [0.15, 0.2) is 71.9 Å². The normalized spacial score (nSPS) is 11.6. The number of pyridine rings is 1. The Labute approximate surface area is 117 Å². The van der Waals surface area contributed by atoms with Crippen molar-refractivity contribution in [3.8, 4) is 0 Å². The maximum atomic E-state index is 5.64. The number of nitrogens with one attached hydrogen (secondary N) is 1. The van der Waals surface area contributed by atoms with E-state index in [0.717, 1.165) is 22.2 Å². The van der Waals surface area contributed by atoms with Gasteiger partial charge in [-0.25, -0.2) is 10.8 Å². The van der Waals surface area contributed by atoms with Gasteiger partial charge >= 0.3 is 0 Å². The molecule has 98 valence electrons. The second-order valence-corrected chi connectivity index (χ2v) is 4.32. The van der Waals surface area contributed by atoms with Crippen LogP contribution in [-0.4, -0.2) is 10.8 Å². The molecule has 0 unspecified atom stereocenters. The zero-order valence-corrected chi connectivity index (χ0v) is 10.8. The van der Waals surface area contributed by atoms with E-state index in [4.69, 9.17) is 5.84 Å². The second kappa shape index (κ2) is 5.50. The number of rotatable bonds is 2. The average Bonchev–Trinajstić information content (AvgIpc) is 2.53. The number of fused-ring (bicyclic) bond motifs is 1. The Morgan fingerprint density at radius 3 is 2.60 bits per heavy atom. The molecule has 0 aliphatic rings. The average molecular weight is 262 g/mol. The summed E-state index contributed by atoms with van der Waals surface area (Å²) in [6.45, 7) is 0. The molecule has 0 spiro atoms. The second-order valence-electron chi connectivity index (χ2n) is 4.32. The molecular weight excluding hydrogens is 248 g/mol. The molecule has 0 aliphatic carbocycles. The molecule has 0 amide bonds. The van der Waals surface area contributed by atoms with E-state index in [1.54, 1.807) is 6.20 Å². The number of hydrogen-bond donors (Lipinski definition) is 2. The molecule has 3 N–H and O–H groups in total. The highest BCUT2D eigenvalue weighted by Gasteiger charge is 2.07. The van der Waals surface area contributed by atoms with Crippen molar-refractivity contribution in [3.05, 3.63) is 72.4 Å². The molecule has 0 radical (unpaired) electrons. The molecule has 20 heavy (non-hydrogen) atoms. The number of nitrogens with two attached hydrogens (primary N) is 1. The molecule has 3 aromatic rings. The first-order valence-corrected chi connectivity index (χ1v) is 6.33. The number of aliphatic imine (C=N–C) groups is 1. The Hall–Kier alpha value is -2.72. The van der Waals surface area contributed by atoms with Gasteiger partial charge in [0.2, 0.25) is 0 Å². The van der Waals surface area contributed by atoms with Gasteiger partial charge in [-0.3, -0.25) is 4.98 Å². The Balaban J connectivity index is 2.15. The number of para-hydroxylation sites is 1. The largest absolute Gasteiger partial charge is 0.308 e. The van der Waals surface area contributed by atoms with E-state index in [2.05, 4.69) is 15.4 Å². The van der Waals surface area contributed by atoms with E-state index in [0.29, 0.717) is 5.84 Å². The highest BCUT2D eigenvalue weighted by molar-refractivity contribution is 6.09. The first kappa shape index (κ1) is 12.3.